The van der Waals surface area contributed by atoms with Crippen LogP contribution < -0.4 is 10.6 Å². The number of aryl methyl sites for hydroxylation is 1. The number of nitrogens with zero attached hydrogens (tertiary/aromatic N) is 1. The molecule has 1 aliphatic heterocycles. The Bertz CT molecular complexity index is 1190. The lowest BCUT2D eigenvalue weighted by Crippen LogP contribution is -2.34. The molecule has 2 aliphatic carbocycles. The molecule has 0 saturated heterocycles. The summed E-state index contributed by atoms with van der Waals surface area (Å²) in [5, 5.41) is 6.91. The topological polar surface area (TPSA) is 49.6 Å². The second kappa shape index (κ2) is 8.48. The molecule has 0 amide bonds. The van der Waals surface area contributed by atoms with Gasteiger partial charge in [0.2, 0.25) is 0 Å². The number of benzene rings is 1. The first-order valence-electron chi connectivity index (χ1n) is 12.8. The van der Waals surface area contributed by atoms with Crippen molar-refractivity contribution in [2.45, 2.75) is 90.5 Å². The van der Waals surface area contributed by atoms with Gasteiger partial charge in [0.05, 0.1) is 24.0 Å². The Labute approximate surface area is 204 Å². The highest BCUT2D eigenvalue weighted by Gasteiger charge is 2.37. The summed E-state index contributed by atoms with van der Waals surface area (Å²) in [6.45, 7) is 14.6. The van der Waals surface area contributed by atoms with E-state index in [1.165, 1.54) is 40.7 Å². The van der Waals surface area contributed by atoms with E-state index in [-0.39, 0.29) is 10.8 Å². The summed E-state index contributed by atoms with van der Waals surface area (Å²) < 4.78 is 6.41. The lowest BCUT2D eigenvalue weighted by atomic mass is 9.62. The first kappa shape index (κ1) is 23.0. The number of nitrogens with one attached hydrogen (secondary N) is 2. The Morgan fingerprint density at radius 2 is 1.79 bits per heavy atom. The predicted octanol–water partition coefficient (Wildman–Crippen LogP) is 6.53. The number of hydrogen-bond donors (Lipinski definition) is 2. The Morgan fingerprint density at radius 1 is 1.09 bits per heavy atom. The first-order chi connectivity index (χ1) is 16.1. The maximum atomic E-state index is 6.41. The predicted molar refractivity (Wildman–Crippen MR) is 141 cm³/mol. The van der Waals surface area contributed by atoms with Gasteiger partial charge in [0.25, 0.3) is 0 Å². The minimum Gasteiger partial charge on any atom is -0.459 e. The number of aliphatic imine (C=N–C) groups is 1. The van der Waals surface area contributed by atoms with Crippen LogP contribution in [0.5, 0.6) is 0 Å². The summed E-state index contributed by atoms with van der Waals surface area (Å²) in [5.41, 5.74) is 9.85. The molecule has 1 aromatic heterocycles. The van der Waals surface area contributed by atoms with Crippen LogP contribution in [0.15, 0.2) is 51.1 Å². The van der Waals surface area contributed by atoms with Gasteiger partial charge in [0, 0.05) is 18.8 Å². The van der Waals surface area contributed by atoms with E-state index in [1.54, 1.807) is 0 Å². The molecule has 2 aromatic rings. The molecule has 4 heteroatoms. The Hall–Kier alpha value is -2.75. The third-order valence-corrected chi connectivity index (χ3v) is 7.86. The number of furan rings is 1. The van der Waals surface area contributed by atoms with Crippen LogP contribution in [0.25, 0.3) is 5.70 Å². The average Bonchev–Trinajstić information content (AvgIpc) is 3.52. The van der Waals surface area contributed by atoms with Gasteiger partial charge in [-0.2, -0.15) is 0 Å². The number of fused-ring (bicyclic) bond motifs is 1. The largest absolute Gasteiger partial charge is 0.459 e. The van der Waals surface area contributed by atoms with Crippen molar-refractivity contribution >= 4 is 11.9 Å². The van der Waals surface area contributed by atoms with Crippen LogP contribution in [0.1, 0.15) is 94.1 Å². The van der Waals surface area contributed by atoms with Crippen molar-refractivity contribution in [3.8, 4) is 0 Å². The van der Waals surface area contributed by atoms with Crippen molar-refractivity contribution in [1.29, 1.82) is 0 Å². The molecule has 34 heavy (non-hydrogen) atoms. The molecule has 1 aromatic carbocycles. The Balaban J connectivity index is 1.35. The van der Waals surface area contributed by atoms with Gasteiger partial charge in [-0.1, -0.05) is 39.8 Å². The van der Waals surface area contributed by atoms with Crippen LogP contribution in [0.3, 0.4) is 0 Å². The van der Waals surface area contributed by atoms with Crippen LogP contribution in [0, 0.1) is 6.92 Å². The molecule has 1 unspecified atom stereocenters. The quantitative estimate of drug-likeness (QED) is 0.519. The molecule has 0 radical (unpaired) electrons. The van der Waals surface area contributed by atoms with Gasteiger partial charge in [-0.05, 0) is 90.3 Å². The van der Waals surface area contributed by atoms with Crippen molar-refractivity contribution in [2.75, 3.05) is 6.54 Å². The molecule has 0 spiro atoms. The maximum absolute atomic E-state index is 6.41. The first-order valence-corrected chi connectivity index (χ1v) is 12.8. The zero-order valence-corrected chi connectivity index (χ0v) is 21.6. The van der Waals surface area contributed by atoms with Crippen LogP contribution >= 0.6 is 0 Å². The highest BCUT2D eigenvalue weighted by Crippen LogP contribution is 2.46. The van der Waals surface area contributed by atoms with Crippen LogP contribution in [0.2, 0.25) is 0 Å². The molecule has 1 saturated carbocycles. The standard InChI is InChI=1S/C30H39N3O/c1-19-13-25-26(30(5,6)12-11-29(25,3)4)15-22(19)14-24-9-10-27(34-24)28(21-7-8-21)33-18-23-17-31-20(2)16-32-23/h9-10,13,15-17,20,31,33H,7-8,11-12,14,18H2,1-6H3. The van der Waals surface area contributed by atoms with E-state index < -0.39 is 0 Å². The fourth-order valence-electron chi connectivity index (χ4n) is 5.24. The van der Waals surface area contributed by atoms with Gasteiger partial charge >= 0.3 is 0 Å². The summed E-state index contributed by atoms with van der Waals surface area (Å²) in [6, 6.07) is 9.48. The zero-order chi connectivity index (χ0) is 24.1. The number of rotatable bonds is 6. The maximum Gasteiger partial charge on any atom is 0.150 e. The van der Waals surface area contributed by atoms with E-state index in [1.807, 2.05) is 12.4 Å². The van der Waals surface area contributed by atoms with Gasteiger partial charge in [-0.15, -0.1) is 0 Å². The molecular weight excluding hydrogens is 418 g/mol. The molecule has 0 bridgehead atoms. The number of hydrogen-bond acceptors (Lipinski definition) is 4. The molecular formula is C30H39N3O. The van der Waals surface area contributed by atoms with Crippen LogP contribution in [-0.2, 0) is 17.3 Å². The SMILES string of the molecule is Cc1cc2c(cc1Cc1ccc(C(NCC3=CNC(C)C=N3)=C3CC3)o1)C(C)(C)CCC2(C)C. The van der Waals surface area contributed by atoms with Crippen molar-refractivity contribution in [3.63, 3.8) is 0 Å². The monoisotopic (exact) mass is 457 g/mol. The van der Waals surface area contributed by atoms with E-state index in [9.17, 15) is 0 Å². The Morgan fingerprint density at radius 3 is 2.44 bits per heavy atom. The van der Waals surface area contributed by atoms with E-state index in [2.05, 4.69) is 81.4 Å². The van der Waals surface area contributed by atoms with Crippen LogP contribution in [-0.4, -0.2) is 18.8 Å². The minimum absolute atomic E-state index is 0.220. The van der Waals surface area contributed by atoms with Gasteiger partial charge in [-0.25, -0.2) is 0 Å². The zero-order valence-electron chi connectivity index (χ0n) is 21.6. The van der Waals surface area contributed by atoms with Gasteiger partial charge in [0.1, 0.15) is 11.5 Å². The van der Waals surface area contributed by atoms with Crippen molar-refractivity contribution < 1.29 is 4.42 Å². The second-order valence-corrected chi connectivity index (χ2v) is 11.7. The smallest absolute Gasteiger partial charge is 0.150 e. The fraction of sp³-hybridized carbons (Fsp3) is 0.500. The van der Waals surface area contributed by atoms with Crippen molar-refractivity contribution in [3.05, 3.63) is 75.5 Å². The van der Waals surface area contributed by atoms with Crippen molar-refractivity contribution in [1.82, 2.24) is 10.6 Å². The molecule has 1 fully saturated rings. The lowest BCUT2D eigenvalue weighted by Gasteiger charge is -2.42. The van der Waals surface area contributed by atoms with Gasteiger partial charge < -0.3 is 15.1 Å². The lowest BCUT2D eigenvalue weighted by molar-refractivity contribution is 0.331. The van der Waals surface area contributed by atoms with E-state index in [0.29, 0.717) is 12.6 Å². The minimum atomic E-state index is 0.220. The molecule has 5 rings (SSSR count). The van der Waals surface area contributed by atoms with Gasteiger partial charge in [-0.3, -0.25) is 4.99 Å². The third kappa shape index (κ3) is 4.60. The summed E-state index contributed by atoms with van der Waals surface area (Å²) >= 11 is 0. The molecule has 180 valence electrons. The van der Waals surface area contributed by atoms with E-state index in [0.717, 1.165) is 42.2 Å². The number of allylic oxidation sites excluding steroid dienone is 1. The molecule has 2 N–H and O–H groups in total. The molecule has 4 nitrogen and oxygen atoms in total. The van der Waals surface area contributed by atoms with Crippen LogP contribution in [0.4, 0.5) is 0 Å². The average molecular weight is 458 g/mol. The summed E-state index contributed by atoms with van der Waals surface area (Å²) in [6.07, 6.45) is 9.55. The summed E-state index contributed by atoms with van der Waals surface area (Å²) in [7, 11) is 0. The van der Waals surface area contributed by atoms with Crippen molar-refractivity contribution in [2.24, 2.45) is 4.99 Å². The second-order valence-electron chi connectivity index (χ2n) is 11.7. The fourth-order valence-corrected chi connectivity index (χ4v) is 5.24. The third-order valence-electron chi connectivity index (χ3n) is 7.86. The molecule has 2 heterocycles. The van der Waals surface area contributed by atoms with E-state index >= 15 is 0 Å². The summed E-state index contributed by atoms with van der Waals surface area (Å²) in [4.78, 5) is 4.54. The molecule has 1 atom stereocenters. The van der Waals surface area contributed by atoms with E-state index in [4.69, 9.17) is 4.42 Å². The Kier molecular flexibility index (Phi) is 5.74. The summed E-state index contributed by atoms with van der Waals surface area (Å²) in [5.74, 6) is 1.97. The highest BCUT2D eigenvalue weighted by molar-refractivity contribution is 5.68. The van der Waals surface area contributed by atoms with Gasteiger partial charge in [0.15, 0.2) is 0 Å². The highest BCUT2D eigenvalue weighted by atomic mass is 16.3. The molecule has 3 aliphatic rings. The normalized spacial score (nSPS) is 22.0.